The fourth-order valence-corrected chi connectivity index (χ4v) is 3.13. The number of benzene rings is 2. The van der Waals surface area contributed by atoms with E-state index in [1.165, 1.54) is 0 Å². The first kappa shape index (κ1) is 17.0. The molecule has 1 heterocycles. The van der Waals surface area contributed by atoms with Gasteiger partial charge in [0, 0.05) is 5.69 Å². The number of amides is 1. The summed E-state index contributed by atoms with van der Waals surface area (Å²) in [5, 5.41) is 3.64. The van der Waals surface area contributed by atoms with Gasteiger partial charge in [-0.05, 0) is 43.2 Å². The normalized spacial score (nSPS) is 10.8. The molecule has 2 aromatic carbocycles. The van der Waals surface area contributed by atoms with Crippen molar-refractivity contribution >= 4 is 34.3 Å². The van der Waals surface area contributed by atoms with Gasteiger partial charge in [0.2, 0.25) is 5.91 Å². The number of nitrogens with one attached hydrogen (secondary N) is 1. The van der Waals surface area contributed by atoms with Gasteiger partial charge in [-0.1, -0.05) is 36.0 Å². The minimum atomic E-state index is -0.331. The Morgan fingerprint density at radius 1 is 1.24 bits per heavy atom. The molecule has 0 unspecified atom stereocenters. The van der Waals surface area contributed by atoms with Gasteiger partial charge < -0.3 is 11.2 Å². The fourth-order valence-electron chi connectivity index (χ4n) is 2.41. The zero-order valence-corrected chi connectivity index (χ0v) is 14.8. The van der Waals surface area contributed by atoms with Crippen LogP contribution in [0.15, 0.2) is 52.4 Å². The maximum Gasteiger partial charge on any atom is 0.280 e. The summed E-state index contributed by atoms with van der Waals surface area (Å²) in [7, 11) is 0. The van der Waals surface area contributed by atoms with Gasteiger partial charge in [-0.15, -0.1) is 0 Å². The fraction of sp³-hybridized carbons (Fsp3) is 0.167. The highest BCUT2D eigenvalue weighted by Gasteiger charge is 2.12. The number of thioether (sulfide) groups is 1. The zero-order valence-electron chi connectivity index (χ0n) is 13.9. The van der Waals surface area contributed by atoms with Crippen LogP contribution >= 0.6 is 11.8 Å². The molecular formula is C18H18N4O2S. The molecule has 0 fully saturated rings. The third-order valence-electron chi connectivity index (χ3n) is 3.77. The van der Waals surface area contributed by atoms with Gasteiger partial charge in [0.15, 0.2) is 5.16 Å². The van der Waals surface area contributed by atoms with Crippen LogP contribution in [0.5, 0.6) is 0 Å². The lowest BCUT2D eigenvalue weighted by Gasteiger charge is -2.10. The highest BCUT2D eigenvalue weighted by Crippen LogP contribution is 2.19. The van der Waals surface area contributed by atoms with Crippen LogP contribution in [0.3, 0.4) is 0 Å². The molecule has 0 aliphatic rings. The van der Waals surface area contributed by atoms with Crippen molar-refractivity contribution in [2.75, 3.05) is 16.9 Å². The molecule has 0 radical (unpaired) electrons. The molecule has 128 valence electrons. The van der Waals surface area contributed by atoms with Crippen molar-refractivity contribution in [1.29, 1.82) is 0 Å². The number of anilines is 1. The molecule has 1 aromatic heterocycles. The lowest BCUT2D eigenvalue weighted by molar-refractivity contribution is -0.113. The summed E-state index contributed by atoms with van der Waals surface area (Å²) in [5.41, 5.74) is 3.07. The number of hydrogen-bond donors (Lipinski definition) is 2. The van der Waals surface area contributed by atoms with Crippen molar-refractivity contribution in [1.82, 2.24) is 9.66 Å². The summed E-state index contributed by atoms with van der Waals surface area (Å²) in [5.74, 6) is 5.75. The van der Waals surface area contributed by atoms with E-state index >= 15 is 0 Å². The SMILES string of the molecule is Cc1ccc(C)c(NC(=O)CSc2nc3ccccc3c(=O)n2N)c1. The van der Waals surface area contributed by atoms with Crippen LogP contribution in [0.25, 0.3) is 10.9 Å². The minimum Gasteiger partial charge on any atom is -0.334 e. The Morgan fingerprint density at radius 3 is 2.80 bits per heavy atom. The van der Waals surface area contributed by atoms with Crippen LogP contribution in [0.1, 0.15) is 11.1 Å². The predicted molar refractivity (Wildman–Crippen MR) is 101 cm³/mol. The minimum absolute atomic E-state index is 0.107. The molecule has 0 saturated carbocycles. The van der Waals surface area contributed by atoms with Crippen molar-refractivity contribution in [2.24, 2.45) is 0 Å². The monoisotopic (exact) mass is 354 g/mol. The van der Waals surface area contributed by atoms with E-state index in [4.69, 9.17) is 5.84 Å². The number of rotatable bonds is 4. The number of fused-ring (bicyclic) bond motifs is 1. The van der Waals surface area contributed by atoms with Gasteiger partial charge in [0.05, 0.1) is 16.7 Å². The Hall–Kier alpha value is -2.80. The second-order valence-electron chi connectivity index (χ2n) is 5.74. The number of carbonyl (C=O) groups excluding carboxylic acids is 1. The predicted octanol–water partition coefficient (Wildman–Crippen LogP) is 2.46. The maximum atomic E-state index is 12.3. The molecule has 0 aliphatic carbocycles. The lowest BCUT2D eigenvalue weighted by Crippen LogP contribution is -2.30. The second-order valence-corrected chi connectivity index (χ2v) is 6.68. The molecule has 25 heavy (non-hydrogen) atoms. The van der Waals surface area contributed by atoms with Gasteiger partial charge in [0.25, 0.3) is 5.56 Å². The molecule has 0 bridgehead atoms. The van der Waals surface area contributed by atoms with Gasteiger partial charge >= 0.3 is 0 Å². The lowest BCUT2D eigenvalue weighted by atomic mass is 10.1. The number of para-hydroxylation sites is 1. The van der Waals surface area contributed by atoms with Crippen LogP contribution in [0.4, 0.5) is 5.69 Å². The van der Waals surface area contributed by atoms with Crippen LogP contribution in [0, 0.1) is 13.8 Å². The molecule has 0 atom stereocenters. The van der Waals surface area contributed by atoms with Crippen LogP contribution in [0.2, 0.25) is 0 Å². The third-order valence-corrected chi connectivity index (χ3v) is 4.73. The molecule has 0 saturated heterocycles. The van der Waals surface area contributed by atoms with Crippen molar-refractivity contribution in [2.45, 2.75) is 19.0 Å². The molecule has 7 heteroatoms. The summed E-state index contributed by atoms with van der Waals surface area (Å²) < 4.78 is 0.984. The quantitative estimate of drug-likeness (QED) is 0.427. The highest BCUT2D eigenvalue weighted by molar-refractivity contribution is 7.99. The molecular weight excluding hydrogens is 336 g/mol. The molecule has 3 N–H and O–H groups in total. The summed E-state index contributed by atoms with van der Waals surface area (Å²) in [4.78, 5) is 28.8. The number of aromatic nitrogens is 2. The van der Waals surface area contributed by atoms with Crippen molar-refractivity contribution in [3.63, 3.8) is 0 Å². The molecule has 0 spiro atoms. The Balaban J connectivity index is 1.76. The van der Waals surface area contributed by atoms with Gasteiger partial charge in [-0.3, -0.25) is 9.59 Å². The Morgan fingerprint density at radius 2 is 2.00 bits per heavy atom. The number of nitrogens with zero attached hydrogens (tertiary/aromatic N) is 2. The standard InChI is InChI=1S/C18H18N4O2S/c1-11-7-8-12(2)15(9-11)20-16(23)10-25-18-21-14-6-4-3-5-13(14)17(24)22(18)19/h3-9H,10,19H2,1-2H3,(H,20,23). The summed E-state index contributed by atoms with van der Waals surface area (Å²) in [6.07, 6.45) is 0. The molecule has 3 aromatic rings. The Bertz CT molecular complexity index is 1010. The van der Waals surface area contributed by atoms with Crippen molar-refractivity contribution in [3.8, 4) is 0 Å². The number of nitrogen functional groups attached to an aromatic ring is 1. The van der Waals surface area contributed by atoms with Crippen molar-refractivity contribution in [3.05, 3.63) is 63.9 Å². The maximum absolute atomic E-state index is 12.3. The van der Waals surface area contributed by atoms with E-state index in [1.54, 1.807) is 24.3 Å². The third kappa shape index (κ3) is 3.66. The number of nitrogens with two attached hydrogens (primary N) is 1. The van der Waals surface area contributed by atoms with Crippen molar-refractivity contribution < 1.29 is 4.79 Å². The number of hydrogen-bond acceptors (Lipinski definition) is 5. The number of carbonyl (C=O) groups is 1. The van der Waals surface area contributed by atoms with E-state index in [0.717, 1.165) is 33.3 Å². The van der Waals surface area contributed by atoms with Crippen LogP contribution in [-0.4, -0.2) is 21.3 Å². The zero-order chi connectivity index (χ0) is 18.0. The summed E-state index contributed by atoms with van der Waals surface area (Å²) in [6.45, 7) is 3.90. The van der Waals surface area contributed by atoms with Gasteiger partial charge in [-0.2, -0.15) is 0 Å². The highest BCUT2D eigenvalue weighted by atomic mass is 32.2. The first-order chi connectivity index (χ1) is 12.0. The summed E-state index contributed by atoms with van der Waals surface area (Å²) in [6, 6.07) is 12.9. The first-order valence-corrected chi connectivity index (χ1v) is 8.71. The largest absolute Gasteiger partial charge is 0.334 e. The van der Waals surface area contributed by atoms with E-state index in [-0.39, 0.29) is 17.2 Å². The van der Waals surface area contributed by atoms with E-state index in [1.807, 2.05) is 32.0 Å². The van der Waals surface area contributed by atoms with Crippen LogP contribution < -0.4 is 16.7 Å². The smallest absolute Gasteiger partial charge is 0.280 e. The average Bonchev–Trinajstić information content (AvgIpc) is 2.60. The average molecular weight is 354 g/mol. The summed E-state index contributed by atoms with van der Waals surface area (Å²) >= 11 is 1.13. The first-order valence-electron chi connectivity index (χ1n) is 7.72. The van der Waals surface area contributed by atoms with E-state index in [0.29, 0.717) is 16.1 Å². The van der Waals surface area contributed by atoms with Gasteiger partial charge in [0.1, 0.15) is 0 Å². The number of aryl methyl sites for hydroxylation is 2. The van der Waals surface area contributed by atoms with Crippen LogP contribution in [-0.2, 0) is 4.79 Å². The second kappa shape index (κ2) is 6.98. The molecule has 1 amide bonds. The topological polar surface area (TPSA) is 90.0 Å². The van der Waals surface area contributed by atoms with E-state index < -0.39 is 0 Å². The molecule has 6 nitrogen and oxygen atoms in total. The Kier molecular flexibility index (Phi) is 4.76. The Labute approximate surface area is 149 Å². The molecule has 3 rings (SSSR count). The van der Waals surface area contributed by atoms with E-state index in [2.05, 4.69) is 10.3 Å². The van der Waals surface area contributed by atoms with E-state index in [9.17, 15) is 9.59 Å². The van der Waals surface area contributed by atoms with Gasteiger partial charge in [-0.25, -0.2) is 9.66 Å². The molecule has 0 aliphatic heterocycles.